The van der Waals surface area contributed by atoms with Crippen molar-refractivity contribution in [1.29, 1.82) is 0 Å². The SMILES string of the molecule is Cc1c(CC(N)C(=O)O)c2cccc(Br)c2n1C. The highest BCUT2D eigenvalue weighted by molar-refractivity contribution is 9.10. The number of carboxylic acids is 1. The Labute approximate surface area is 114 Å². The molecule has 2 aromatic rings. The summed E-state index contributed by atoms with van der Waals surface area (Å²) in [4.78, 5) is 10.9. The van der Waals surface area contributed by atoms with Crippen LogP contribution in [0.2, 0.25) is 0 Å². The minimum atomic E-state index is -0.971. The molecule has 0 spiro atoms. The number of aryl methyl sites for hydroxylation is 1. The van der Waals surface area contributed by atoms with Gasteiger partial charge in [-0.05, 0) is 34.5 Å². The number of fused-ring (bicyclic) bond motifs is 1. The Hall–Kier alpha value is -1.33. The number of aliphatic carboxylic acids is 1. The van der Waals surface area contributed by atoms with Crippen molar-refractivity contribution in [2.75, 3.05) is 0 Å². The second-order valence-electron chi connectivity index (χ2n) is 4.41. The van der Waals surface area contributed by atoms with E-state index >= 15 is 0 Å². The van der Waals surface area contributed by atoms with Gasteiger partial charge in [0, 0.05) is 29.0 Å². The highest BCUT2D eigenvalue weighted by atomic mass is 79.9. The third kappa shape index (κ3) is 2.04. The molecule has 4 nitrogen and oxygen atoms in total. The number of nitrogens with zero attached hydrogens (tertiary/aromatic N) is 1. The highest BCUT2D eigenvalue weighted by Crippen LogP contribution is 2.31. The standard InChI is InChI=1S/C13H15BrN2O2/c1-7-9(6-11(15)13(17)18)8-4-3-5-10(14)12(8)16(7)2/h3-5,11H,6,15H2,1-2H3,(H,17,18). The third-order valence-electron chi connectivity index (χ3n) is 3.33. The molecule has 0 fully saturated rings. The van der Waals surface area contributed by atoms with Crippen molar-refractivity contribution in [3.05, 3.63) is 33.9 Å². The van der Waals surface area contributed by atoms with Crippen LogP contribution >= 0.6 is 15.9 Å². The Bertz CT molecular complexity index is 619. The molecule has 0 radical (unpaired) electrons. The molecular weight excluding hydrogens is 296 g/mol. The van der Waals surface area contributed by atoms with Crippen LogP contribution in [0, 0.1) is 6.92 Å². The zero-order chi connectivity index (χ0) is 13.4. The second kappa shape index (κ2) is 4.74. The molecule has 1 atom stereocenters. The van der Waals surface area contributed by atoms with Gasteiger partial charge in [-0.1, -0.05) is 12.1 Å². The first-order valence-corrected chi connectivity index (χ1v) is 6.43. The van der Waals surface area contributed by atoms with Gasteiger partial charge in [0.05, 0.1) is 5.52 Å². The topological polar surface area (TPSA) is 68.2 Å². The molecule has 1 aromatic heterocycles. The number of carbonyl (C=O) groups is 1. The van der Waals surface area contributed by atoms with E-state index in [0.717, 1.165) is 26.6 Å². The van der Waals surface area contributed by atoms with Gasteiger partial charge in [-0.15, -0.1) is 0 Å². The van der Waals surface area contributed by atoms with Crippen molar-refractivity contribution in [3.8, 4) is 0 Å². The fourth-order valence-corrected chi connectivity index (χ4v) is 2.86. The van der Waals surface area contributed by atoms with Crippen LogP contribution in [0.4, 0.5) is 0 Å². The number of hydrogen-bond acceptors (Lipinski definition) is 2. The van der Waals surface area contributed by atoms with Crippen molar-refractivity contribution in [2.24, 2.45) is 12.8 Å². The molecule has 1 aromatic carbocycles. The van der Waals surface area contributed by atoms with E-state index in [1.807, 2.05) is 32.2 Å². The number of rotatable bonds is 3. The molecule has 0 amide bonds. The van der Waals surface area contributed by atoms with Crippen molar-refractivity contribution in [2.45, 2.75) is 19.4 Å². The molecule has 3 N–H and O–H groups in total. The average molecular weight is 311 g/mol. The summed E-state index contributed by atoms with van der Waals surface area (Å²) in [5, 5.41) is 9.98. The Kier molecular flexibility index (Phi) is 3.45. The first-order valence-electron chi connectivity index (χ1n) is 5.64. The number of carboxylic acid groups (broad SMARTS) is 1. The molecule has 5 heteroatoms. The van der Waals surface area contributed by atoms with E-state index in [1.165, 1.54) is 0 Å². The van der Waals surface area contributed by atoms with Gasteiger partial charge in [0.1, 0.15) is 6.04 Å². The number of hydrogen-bond donors (Lipinski definition) is 2. The van der Waals surface area contributed by atoms with E-state index in [2.05, 4.69) is 20.5 Å². The summed E-state index contributed by atoms with van der Waals surface area (Å²) >= 11 is 3.52. The summed E-state index contributed by atoms with van der Waals surface area (Å²) in [5.41, 5.74) is 8.76. The van der Waals surface area contributed by atoms with Crippen molar-refractivity contribution in [3.63, 3.8) is 0 Å². The Morgan fingerprint density at radius 1 is 1.56 bits per heavy atom. The van der Waals surface area contributed by atoms with E-state index in [-0.39, 0.29) is 0 Å². The van der Waals surface area contributed by atoms with Gasteiger partial charge < -0.3 is 15.4 Å². The summed E-state index contributed by atoms with van der Waals surface area (Å²) in [6, 6.07) is 5.05. The van der Waals surface area contributed by atoms with E-state index in [9.17, 15) is 4.79 Å². The predicted octanol–water partition coefficient (Wildman–Crippen LogP) is 2.20. The zero-order valence-electron chi connectivity index (χ0n) is 10.3. The molecule has 96 valence electrons. The van der Waals surface area contributed by atoms with Crippen LogP contribution in [0.25, 0.3) is 10.9 Å². The largest absolute Gasteiger partial charge is 0.480 e. The van der Waals surface area contributed by atoms with Gasteiger partial charge in [0.15, 0.2) is 0 Å². The van der Waals surface area contributed by atoms with Crippen LogP contribution in [-0.2, 0) is 18.3 Å². The lowest BCUT2D eigenvalue weighted by atomic mass is 10.0. The predicted molar refractivity (Wildman–Crippen MR) is 74.7 cm³/mol. The smallest absolute Gasteiger partial charge is 0.320 e. The Balaban J connectivity index is 2.61. The molecule has 18 heavy (non-hydrogen) atoms. The first kappa shape index (κ1) is 13.1. The number of halogens is 1. The second-order valence-corrected chi connectivity index (χ2v) is 5.26. The van der Waals surface area contributed by atoms with Crippen LogP contribution < -0.4 is 5.73 Å². The minimum Gasteiger partial charge on any atom is -0.480 e. The zero-order valence-corrected chi connectivity index (χ0v) is 11.9. The molecule has 0 aliphatic carbocycles. The van der Waals surface area contributed by atoms with Gasteiger partial charge in [0.25, 0.3) is 0 Å². The molecule has 0 saturated carbocycles. The molecule has 2 rings (SSSR count). The Morgan fingerprint density at radius 2 is 2.22 bits per heavy atom. The monoisotopic (exact) mass is 310 g/mol. The van der Waals surface area contributed by atoms with Gasteiger partial charge in [-0.3, -0.25) is 4.79 Å². The van der Waals surface area contributed by atoms with Crippen molar-refractivity contribution < 1.29 is 9.90 Å². The van der Waals surface area contributed by atoms with Crippen LogP contribution in [0.1, 0.15) is 11.3 Å². The Morgan fingerprint density at radius 3 is 2.83 bits per heavy atom. The highest BCUT2D eigenvalue weighted by Gasteiger charge is 2.19. The fourth-order valence-electron chi connectivity index (χ4n) is 2.23. The molecule has 1 unspecified atom stereocenters. The van der Waals surface area contributed by atoms with E-state index in [0.29, 0.717) is 6.42 Å². The number of benzene rings is 1. The van der Waals surface area contributed by atoms with E-state index in [4.69, 9.17) is 10.8 Å². The molecule has 1 heterocycles. The summed E-state index contributed by atoms with van der Waals surface area (Å²) in [6.45, 7) is 1.98. The summed E-state index contributed by atoms with van der Waals surface area (Å²) < 4.78 is 3.06. The quantitative estimate of drug-likeness (QED) is 0.913. The lowest BCUT2D eigenvalue weighted by molar-refractivity contribution is -0.138. The van der Waals surface area contributed by atoms with Gasteiger partial charge in [-0.25, -0.2) is 0 Å². The first-order chi connectivity index (χ1) is 8.43. The van der Waals surface area contributed by atoms with E-state index < -0.39 is 12.0 Å². The lowest BCUT2D eigenvalue weighted by Gasteiger charge is -2.06. The van der Waals surface area contributed by atoms with E-state index in [1.54, 1.807) is 0 Å². The number of nitrogens with two attached hydrogens (primary N) is 1. The third-order valence-corrected chi connectivity index (χ3v) is 3.97. The molecular formula is C13H15BrN2O2. The van der Waals surface area contributed by atoms with Crippen LogP contribution in [0.3, 0.4) is 0 Å². The molecule has 0 aliphatic rings. The van der Waals surface area contributed by atoms with Crippen molar-refractivity contribution >= 4 is 32.8 Å². The number of aromatic nitrogens is 1. The number of para-hydroxylation sites is 1. The molecule has 0 aliphatic heterocycles. The fraction of sp³-hybridized carbons (Fsp3) is 0.308. The maximum Gasteiger partial charge on any atom is 0.320 e. The minimum absolute atomic E-state index is 0.342. The average Bonchev–Trinajstić information content (AvgIpc) is 2.55. The lowest BCUT2D eigenvalue weighted by Crippen LogP contribution is -2.32. The van der Waals surface area contributed by atoms with Crippen LogP contribution in [-0.4, -0.2) is 21.7 Å². The maximum absolute atomic E-state index is 10.9. The summed E-state index contributed by atoms with van der Waals surface area (Å²) in [5.74, 6) is -0.971. The van der Waals surface area contributed by atoms with Crippen molar-refractivity contribution in [1.82, 2.24) is 4.57 Å². The summed E-state index contributed by atoms with van der Waals surface area (Å²) in [7, 11) is 1.97. The molecule has 0 saturated heterocycles. The molecule has 0 bridgehead atoms. The van der Waals surface area contributed by atoms with Gasteiger partial charge in [-0.2, -0.15) is 0 Å². The van der Waals surface area contributed by atoms with Gasteiger partial charge in [0.2, 0.25) is 0 Å². The normalized spacial score (nSPS) is 12.9. The van der Waals surface area contributed by atoms with Crippen LogP contribution in [0.5, 0.6) is 0 Å². The summed E-state index contributed by atoms with van der Waals surface area (Å²) in [6.07, 6.45) is 0.342. The maximum atomic E-state index is 10.9. The van der Waals surface area contributed by atoms with Crippen LogP contribution in [0.15, 0.2) is 22.7 Å². The van der Waals surface area contributed by atoms with Gasteiger partial charge >= 0.3 is 5.97 Å².